The predicted octanol–water partition coefficient (Wildman–Crippen LogP) is 3.26. The van der Waals surface area contributed by atoms with Crippen molar-refractivity contribution in [1.82, 2.24) is 14.8 Å². The predicted molar refractivity (Wildman–Crippen MR) is 103 cm³/mol. The summed E-state index contributed by atoms with van der Waals surface area (Å²) in [5.74, 6) is 1.03. The van der Waals surface area contributed by atoms with Gasteiger partial charge in [0, 0.05) is 24.0 Å². The number of benzene rings is 1. The molecule has 1 N–H and O–H groups in total. The minimum absolute atomic E-state index is 0.106. The maximum atomic E-state index is 12.1. The van der Waals surface area contributed by atoms with Gasteiger partial charge in [-0.3, -0.25) is 4.79 Å². The molecule has 0 atom stereocenters. The third-order valence-corrected chi connectivity index (χ3v) is 5.59. The monoisotopic (exact) mass is 383 g/mol. The number of nitrogens with one attached hydrogen (secondary N) is 1. The van der Waals surface area contributed by atoms with Crippen LogP contribution in [0, 0.1) is 11.3 Å². The Labute approximate surface area is 159 Å². The number of hydrogen-bond donors (Lipinski definition) is 1. The van der Waals surface area contributed by atoms with Gasteiger partial charge >= 0.3 is 0 Å². The second kappa shape index (κ2) is 8.65. The van der Waals surface area contributed by atoms with Crippen molar-refractivity contribution in [2.45, 2.75) is 18.0 Å². The standard InChI is InChI=1S/C18H17N5OS2/c1-23-16(11-15-3-2-10-25-15)21-22-18(23)26-12-17(24)20-14-6-4-13(5-7-14)8-9-19/h2-7,10H,8,11-12H2,1H3,(H,20,24). The van der Waals surface area contributed by atoms with E-state index in [2.05, 4.69) is 27.6 Å². The molecule has 26 heavy (non-hydrogen) atoms. The van der Waals surface area contributed by atoms with Crippen molar-refractivity contribution in [1.29, 1.82) is 5.26 Å². The van der Waals surface area contributed by atoms with Crippen molar-refractivity contribution >= 4 is 34.7 Å². The summed E-state index contributed by atoms with van der Waals surface area (Å²) in [6, 6.07) is 13.5. The quantitative estimate of drug-likeness (QED) is 0.633. The Morgan fingerprint density at radius 1 is 1.31 bits per heavy atom. The van der Waals surface area contributed by atoms with Crippen LogP contribution in [-0.2, 0) is 24.7 Å². The molecule has 2 aromatic heterocycles. The van der Waals surface area contributed by atoms with Gasteiger partial charge in [0.1, 0.15) is 5.82 Å². The van der Waals surface area contributed by atoms with Gasteiger partial charge in [0.05, 0.1) is 18.2 Å². The zero-order valence-corrected chi connectivity index (χ0v) is 15.8. The molecule has 0 radical (unpaired) electrons. The van der Waals surface area contributed by atoms with E-state index in [0.717, 1.165) is 23.0 Å². The Bertz CT molecular complexity index is 910. The number of anilines is 1. The van der Waals surface area contributed by atoms with E-state index in [1.807, 2.05) is 35.2 Å². The first kappa shape index (κ1) is 18.2. The lowest BCUT2D eigenvalue weighted by Crippen LogP contribution is -2.14. The summed E-state index contributed by atoms with van der Waals surface area (Å²) in [4.78, 5) is 13.4. The molecule has 0 unspecified atom stereocenters. The normalized spacial score (nSPS) is 10.5. The molecule has 132 valence electrons. The highest BCUT2D eigenvalue weighted by atomic mass is 32.2. The average Bonchev–Trinajstić information content (AvgIpc) is 3.27. The number of hydrogen-bond acceptors (Lipinski definition) is 6. The van der Waals surface area contributed by atoms with Crippen LogP contribution in [0.5, 0.6) is 0 Å². The summed E-state index contributed by atoms with van der Waals surface area (Å²) in [6.07, 6.45) is 1.10. The van der Waals surface area contributed by atoms with E-state index in [0.29, 0.717) is 12.1 Å². The smallest absolute Gasteiger partial charge is 0.234 e. The van der Waals surface area contributed by atoms with E-state index >= 15 is 0 Å². The summed E-state index contributed by atoms with van der Waals surface area (Å²) in [5, 5.41) is 22.7. The molecule has 0 spiro atoms. The van der Waals surface area contributed by atoms with Crippen LogP contribution in [0.4, 0.5) is 5.69 Å². The number of carbonyl (C=O) groups excluding carboxylic acids is 1. The van der Waals surface area contributed by atoms with Crippen LogP contribution in [0.25, 0.3) is 0 Å². The minimum atomic E-state index is -0.106. The van der Waals surface area contributed by atoms with Crippen LogP contribution >= 0.6 is 23.1 Å². The molecule has 1 aromatic carbocycles. The molecule has 2 heterocycles. The number of thioether (sulfide) groups is 1. The Morgan fingerprint density at radius 3 is 2.81 bits per heavy atom. The van der Waals surface area contributed by atoms with Crippen molar-refractivity contribution < 1.29 is 4.79 Å². The van der Waals surface area contributed by atoms with E-state index in [9.17, 15) is 4.79 Å². The van der Waals surface area contributed by atoms with E-state index in [1.54, 1.807) is 23.5 Å². The number of nitrogens with zero attached hydrogens (tertiary/aromatic N) is 4. The molecular weight excluding hydrogens is 366 g/mol. The number of carbonyl (C=O) groups is 1. The second-order valence-electron chi connectivity index (χ2n) is 5.58. The number of nitriles is 1. The van der Waals surface area contributed by atoms with Crippen LogP contribution in [-0.4, -0.2) is 26.4 Å². The van der Waals surface area contributed by atoms with Crippen LogP contribution in [0.3, 0.4) is 0 Å². The van der Waals surface area contributed by atoms with Gasteiger partial charge < -0.3 is 9.88 Å². The van der Waals surface area contributed by atoms with Crippen molar-refractivity contribution in [2.75, 3.05) is 11.1 Å². The first-order chi connectivity index (χ1) is 12.7. The summed E-state index contributed by atoms with van der Waals surface area (Å²) < 4.78 is 1.92. The van der Waals surface area contributed by atoms with Gasteiger partial charge in [0.15, 0.2) is 5.16 Å². The molecule has 8 heteroatoms. The molecule has 6 nitrogen and oxygen atoms in total. The Balaban J connectivity index is 1.53. The van der Waals surface area contributed by atoms with E-state index in [4.69, 9.17) is 5.26 Å². The fourth-order valence-corrected chi connectivity index (χ4v) is 3.75. The fraction of sp³-hybridized carbons (Fsp3) is 0.222. The van der Waals surface area contributed by atoms with Crippen LogP contribution in [0.15, 0.2) is 46.9 Å². The van der Waals surface area contributed by atoms with Crippen LogP contribution in [0.1, 0.15) is 16.3 Å². The first-order valence-electron chi connectivity index (χ1n) is 7.95. The topological polar surface area (TPSA) is 83.6 Å². The highest BCUT2D eigenvalue weighted by Gasteiger charge is 2.12. The maximum Gasteiger partial charge on any atom is 0.234 e. The van der Waals surface area contributed by atoms with Crippen molar-refractivity contribution in [2.24, 2.45) is 7.05 Å². The van der Waals surface area contributed by atoms with E-state index in [1.165, 1.54) is 16.6 Å². The number of aromatic nitrogens is 3. The highest BCUT2D eigenvalue weighted by molar-refractivity contribution is 7.99. The van der Waals surface area contributed by atoms with Crippen molar-refractivity contribution in [3.05, 3.63) is 58.0 Å². The first-order valence-corrected chi connectivity index (χ1v) is 9.81. The molecule has 1 amide bonds. The largest absolute Gasteiger partial charge is 0.325 e. The van der Waals surface area contributed by atoms with Gasteiger partial charge in [-0.2, -0.15) is 5.26 Å². The summed E-state index contributed by atoms with van der Waals surface area (Å²) in [6.45, 7) is 0. The molecule has 0 fully saturated rings. The average molecular weight is 384 g/mol. The number of amides is 1. The lowest BCUT2D eigenvalue weighted by Gasteiger charge is -2.06. The lowest BCUT2D eigenvalue weighted by molar-refractivity contribution is -0.113. The summed E-state index contributed by atoms with van der Waals surface area (Å²) in [7, 11) is 1.91. The maximum absolute atomic E-state index is 12.1. The molecular formula is C18H17N5OS2. The van der Waals surface area contributed by atoms with Crippen molar-refractivity contribution in [3.8, 4) is 6.07 Å². The van der Waals surface area contributed by atoms with Gasteiger partial charge in [0.2, 0.25) is 5.91 Å². The van der Waals surface area contributed by atoms with E-state index in [-0.39, 0.29) is 11.7 Å². The number of thiophene rings is 1. The molecule has 0 bridgehead atoms. The zero-order chi connectivity index (χ0) is 18.4. The SMILES string of the molecule is Cn1c(Cc2cccs2)nnc1SCC(=O)Nc1ccc(CC#N)cc1. The van der Waals surface area contributed by atoms with Gasteiger partial charge in [0.25, 0.3) is 0 Å². The second-order valence-corrected chi connectivity index (χ2v) is 7.56. The molecule has 0 saturated carbocycles. The zero-order valence-electron chi connectivity index (χ0n) is 14.2. The fourth-order valence-electron chi connectivity index (χ4n) is 2.32. The third kappa shape index (κ3) is 4.71. The summed E-state index contributed by atoms with van der Waals surface area (Å²) in [5.41, 5.74) is 1.64. The Kier molecular flexibility index (Phi) is 6.04. The molecule has 0 aliphatic heterocycles. The van der Waals surface area contributed by atoms with Gasteiger partial charge in [-0.25, -0.2) is 0 Å². The molecule has 3 aromatic rings. The molecule has 0 saturated heterocycles. The molecule has 0 aliphatic carbocycles. The van der Waals surface area contributed by atoms with Crippen molar-refractivity contribution in [3.63, 3.8) is 0 Å². The minimum Gasteiger partial charge on any atom is -0.325 e. The number of rotatable bonds is 7. The van der Waals surface area contributed by atoms with E-state index < -0.39 is 0 Å². The van der Waals surface area contributed by atoms with Gasteiger partial charge in [-0.1, -0.05) is 30.0 Å². The molecule has 3 rings (SSSR count). The van der Waals surface area contributed by atoms with Crippen LogP contribution in [0.2, 0.25) is 0 Å². The summed E-state index contributed by atoms with van der Waals surface area (Å²) >= 11 is 3.05. The van der Waals surface area contributed by atoms with Gasteiger partial charge in [-0.15, -0.1) is 21.5 Å². The molecule has 0 aliphatic rings. The lowest BCUT2D eigenvalue weighted by atomic mass is 10.1. The van der Waals surface area contributed by atoms with Crippen LogP contribution < -0.4 is 5.32 Å². The van der Waals surface area contributed by atoms with Gasteiger partial charge in [-0.05, 0) is 29.1 Å². The Hall–Kier alpha value is -2.63. The third-order valence-electron chi connectivity index (χ3n) is 3.69. The Morgan fingerprint density at radius 2 is 2.12 bits per heavy atom. The highest BCUT2D eigenvalue weighted by Crippen LogP contribution is 2.19.